The fourth-order valence-electron chi connectivity index (χ4n) is 2.83. The van der Waals surface area contributed by atoms with Crippen LogP contribution in [0.1, 0.15) is 67.1 Å². The van der Waals surface area contributed by atoms with Gasteiger partial charge in [0.2, 0.25) is 0 Å². The zero-order valence-corrected chi connectivity index (χ0v) is 12.1. The summed E-state index contributed by atoms with van der Waals surface area (Å²) in [5.74, 6) is 0. The summed E-state index contributed by atoms with van der Waals surface area (Å²) >= 11 is 1.81. The molecule has 1 saturated carbocycles. The molecule has 3 heteroatoms. The molecular formula is C14H24N2S. The summed E-state index contributed by atoms with van der Waals surface area (Å²) < 4.78 is 0. The zero-order valence-electron chi connectivity index (χ0n) is 11.3. The van der Waals surface area contributed by atoms with Crippen molar-refractivity contribution in [1.82, 2.24) is 10.3 Å². The lowest BCUT2D eigenvalue weighted by Crippen LogP contribution is -2.31. The van der Waals surface area contributed by atoms with Crippen molar-refractivity contribution in [3.05, 3.63) is 15.6 Å². The quantitative estimate of drug-likeness (QED) is 0.818. The van der Waals surface area contributed by atoms with E-state index in [1.54, 1.807) is 0 Å². The van der Waals surface area contributed by atoms with Crippen LogP contribution in [0.5, 0.6) is 0 Å². The number of hydrogen-bond donors (Lipinski definition) is 1. The highest BCUT2D eigenvalue weighted by Gasteiger charge is 2.18. The molecular weight excluding hydrogens is 228 g/mol. The van der Waals surface area contributed by atoms with Gasteiger partial charge in [-0.15, -0.1) is 11.3 Å². The lowest BCUT2D eigenvalue weighted by Gasteiger charge is -2.21. The van der Waals surface area contributed by atoms with Gasteiger partial charge in [0.25, 0.3) is 0 Å². The summed E-state index contributed by atoms with van der Waals surface area (Å²) in [6.07, 6.45) is 8.29. The van der Waals surface area contributed by atoms with Crippen molar-refractivity contribution in [3.8, 4) is 0 Å². The summed E-state index contributed by atoms with van der Waals surface area (Å²) in [6.45, 7) is 6.54. The summed E-state index contributed by atoms with van der Waals surface area (Å²) in [4.78, 5) is 6.03. The summed E-state index contributed by atoms with van der Waals surface area (Å²) in [5, 5.41) is 4.96. The maximum Gasteiger partial charge on any atom is 0.0900 e. The zero-order chi connectivity index (χ0) is 12.3. The van der Waals surface area contributed by atoms with E-state index in [1.165, 1.54) is 54.1 Å². The third-order valence-electron chi connectivity index (χ3n) is 3.69. The van der Waals surface area contributed by atoms with Crippen LogP contribution in [0, 0.1) is 13.8 Å². The van der Waals surface area contributed by atoms with Gasteiger partial charge in [-0.05, 0) is 33.6 Å². The molecule has 1 aromatic rings. The molecule has 0 aliphatic heterocycles. The van der Waals surface area contributed by atoms with Crippen LogP contribution in [-0.4, -0.2) is 11.0 Å². The summed E-state index contributed by atoms with van der Waals surface area (Å²) in [5.41, 5.74) is 1.26. The Morgan fingerprint density at radius 1 is 1.18 bits per heavy atom. The molecule has 17 heavy (non-hydrogen) atoms. The van der Waals surface area contributed by atoms with Crippen LogP contribution in [0.25, 0.3) is 0 Å². The third-order valence-corrected chi connectivity index (χ3v) is 4.59. The van der Waals surface area contributed by atoms with E-state index in [0.29, 0.717) is 12.1 Å². The summed E-state index contributed by atoms with van der Waals surface area (Å²) in [6, 6.07) is 1.11. The van der Waals surface area contributed by atoms with Crippen LogP contribution >= 0.6 is 11.3 Å². The first kappa shape index (κ1) is 13.0. The van der Waals surface area contributed by atoms with E-state index in [4.69, 9.17) is 0 Å². The Kier molecular flexibility index (Phi) is 4.57. The van der Waals surface area contributed by atoms with E-state index in [0.717, 1.165) is 0 Å². The fourth-order valence-corrected chi connectivity index (χ4v) is 3.74. The topological polar surface area (TPSA) is 24.9 Å². The largest absolute Gasteiger partial charge is 0.306 e. The number of thiazole rings is 1. The molecule has 96 valence electrons. The Morgan fingerprint density at radius 3 is 2.35 bits per heavy atom. The minimum Gasteiger partial charge on any atom is -0.306 e. The second-order valence-electron chi connectivity index (χ2n) is 5.25. The van der Waals surface area contributed by atoms with Crippen LogP contribution in [-0.2, 0) is 0 Å². The predicted molar refractivity (Wildman–Crippen MR) is 74.6 cm³/mol. The van der Waals surface area contributed by atoms with Crippen molar-refractivity contribution in [2.45, 2.75) is 71.4 Å². The molecule has 1 fully saturated rings. The van der Waals surface area contributed by atoms with Crippen LogP contribution in [0.3, 0.4) is 0 Å². The molecule has 2 nitrogen and oxygen atoms in total. The van der Waals surface area contributed by atoms with Gasteiger partial charge in [-0.3, -0.25) is 0 Å². The van der Waals surface area contributed by atoms with Gasteiger partial charge in [-0.1, -0.05) is 25.7 Å². The molecule has 0 spiro atoms. The smallest absolute Gasteiger partial charge is 0.0900 e. The Bertz CT molecular complexity index is 351. The van der Waals surface area contributed by atoms with Crippen molar-refractivity contribution in [3.63, 3.8) is 0 Å². The molecule has 1 aromatic heterocycles. The number of nitrogens with zero attached hydrogens (tertiary/aromatic N) is 1. The Morgan fingerprint density at radius 2 is 1.82 bits per heavy atom. The van der Waals surface area contributed by atoms with Gasteiger partial charge in [0.1, 0.15) is 0 Å². The molecule has 1 N–H and O–H groups in total. The van der Waals surface area contributed by atoms with Crippen molar-refractivity contribution in [2.75, 3.05) is 0 Å². The van der Waals surface area contributed by atoms with Gasteiger partial charge in [0.05, 0.1) is 10.7 Å². The van der Waals surface area contributed by atoms with E-state index in [1.807, 2.05) is 11.3 Å². The molecule has 1 aliphatic carbocycles. The Balaban J connectivity index is 1.95. The van der Waals surface area contributed by atoms with Crippen LogP contribution in [0.15, 0.2) is 0 Å². The first-order valence-electron chi connectivity index (χ1n) is 6.87. The van der Waals surface area contributed by atoms with Crippen molar-refractivity contribution in [1.29, 1.82) is 0 Å². The molecule has 1 atom stereocenters. The highest BCUT2D eigenvalue weighted by molar-refractivity contribution is 7.11. The SMILES string of the molecule is Cc1nc(C(C)NC2CCCCCC2)c(C)s1. The molecule has 0 radical (unpaired) electrons. The summed E-state index contributed by atoms with van der Waals surface area (Å²) in [7, 11) is 0. The Labute approximate surface area is 109 Å². The van der Waals surface area contributed by atoms with Gasteiger partial charge in [0.15, 0.2) is 0 Å². The number of nitrogens with one attached hydrogen (secondary N) is 1. The Hall–Kier alpha value is -0.410. The van der Waals surface area contributed by atoms with Gasteiger partial charge >= 0.3 is 0 Å². The second-order valence-corrected chi connectivity index (χ2v) is 6.66. The highest BCUT2D eigenvalue weighted by atomic mass is 32.1. The average Bonchev–Trinajstić information content (AvgIpc) is 2.51. The number of aromatic nitrogens is 1. The first-order chi connectivity index (χ1) is 8.16. The lowest BCUT2D eigenvalue weighted by molar-refractivity contribution is 0.409. The van der Waals surface area contributed by atoms with E-state index in [2.05, 4.69) is 31.1 Å². The van der Waals surface area contributed by atoms with Crippen molar-refractivity contribution < 1.29 is 0 Å². The second kappa shape index (κ2) is 5.96. The molecule has 0 aromatic carbocycles. The first-order valence-corrected chi connectivity index (χ1v) is 7.68. The maximum absolute atomic E-state index is 4.66. The molecule has 1 unspecified atom stereocenters. The minimum absolute atomic E-state index is 0.406. The van der Waals surface area contributed by atoms with Crippen LogP contribution in [0.4, 0.5) is 0 Å². The van der Waals surface area contributed by atoms with Gasteiger partial charge in [-0.2, -0.15) is 0 Å². The number of rotatable bonds is 3. The van der Waals surface area contributed by atoms with Gasteiger partial charge in [-0.25, -0.2) is 4.98 Å². The molecule has 1 aliphatic rings. The van der Waals surface area contributed by atoms with E-state index in [9.17, 15) is 0 Å². The third kappa shape index (κ3) is 3.52. The average molecular weight is 252 g/mol. The molecule has 0 amide bonds. The van der Waals surface area contributed by atoms with E-state index >= 15 is 0 Å². The normalized spacial score (nSPS) is 20.2. The van der Waals surface area contributed by atoms with Gasteiger partial charge in [0, 0.05) is 17.0 Å². The predicted octanol–water partition coefficient (Wildman–Crippen LogP) is 4.13. The van der Waals surface area contributed by atoms with Crippen molar-refractivity contribution in [2.24, 2.45) is 0 Å². The van der Waals surface area contributed by atoms with Gasteiger partial charge < -0.3 is 5.32 Å². The molecule has 1 heterocycles. The van der Waals surface area contributed by atoms with E-state index < -0.39 is 0 Å². The number of aryl methyl sites for hydroxylation is 2. The maximum atomic E-state index is 4.66. The molecule has 2 rings (SSSR count). The molecule has 0 saturated heterocycles. The number of hydrogen-bond acceptors (Lipinski definition) is 3. The highest BCUT2D eigenvalue weighted by Crippen LogP contribution is 2.25. The van der Waals surface area contributed by atoms with Crippen LogP contribution < -0.4 is 5.32 Å². The minimum atomic E-state index is 0.406. The fraction of sp³-hybridized carbons (Fsp3) is 0.786. The lowest BCUT2D eigenvalue weighted by atomic mass is 10.1. The molecule has 0 bridgehead atoms. The monoisotopic (exact) mass is 252 g/mol. The van der Waals surface area contributed by atoms with Crippen LogP contribution in [0.2, 0.25) is 0 Å². The standard InChI is InChI=1S/C14H24N2S/c1-10(14-11(2)17-12(3)16-14)15-13-8-6-4-5-7-9-13/h10,13,15H,4-9H2,1-3H3. The van der Waals surface area contributed by atoms with E-state index in [-0.39, 0.29) is 0 Å². The van der Waals surface area contributed by atoms with Crippen molar-refractivity contribution >= 4 is 11.3 Å².